The average Bonchev–Trinajstić information content (AvgIpc) is 2.37. The highest BCUT2D eigenvalue weighted by molar-refractivity contribution is 5.70. The van der Waals surface area contributed by atoms with E-state index in [4.69, 9.17) is 9.47 Å². The number of ether oxygens (including phenoxy) is 2. The summed E-state index contributed by atoms with van der Waals surface area (Å²) in [6.07, 6.45) is -0.396. The van der Waals surface area contributed by atoms with Crippen LogP contribution in [0, 0.1) is 0 Å². The molecule has 1 aromatic carbocycles. The molecule has 2 N–H and O–H groups in total. The molecule has 2 rings (SSSR count). The van der Waals surface area contributed by atoms with Crippen LogP contribution in [0.1, 0.15) is 24.8 Å². The first-order valence-electron chi connectivity index (χ1n) is 6.31. The SMILES string of the molecule is O=C(CC1(O)CC(O)CCO1)OCc1ccccc1. The van der Waals surface area contributed by atoms with Gasteiger partial charge in [0.25, 0.3) is 0 Å². The Labute approximate surface area is 111 Å². The molecule has 104 valence electrons. The van der Waals surface area contributed by atoms with Crippen molar-refractivity contribution in [3.05, 3.63) is 35.9 Å². The number of benzene rings is 1. The predicted molar refractivity (Wildman–Crippen MR) is 67.0 cm³/mol. The van der Waals surface area contributed by atoms with E-state index < -0.39 is 17.9 Å². The summed E-state index contributed by atoms with van der Waals surface area (Å²) in [6, 6.07) is 9.30. The Morgan fingerprint density at radius 3 is 2.84 bits per heavy atom. The molecule has 0 spiro atoms. The molecule has 1 heterocycles. The van der Waals surface area contributed by atoms with Gasteiger partial charge in [-0.2, -0.15) is 0 Å². The van der Waals surface area contributed by atoms with E-state index in [9.17, 15) is 15.0 Å². The van der Waals surface area contributed by atoms with Crippen LogP contribution in [0.15, 0.2) is 30.3 Å². The molecule has 1 fully saturated rings. The van der Waals surface area contributed by atoms with Crippen molar-refractivity contribution in [3.8, 4) is 0 Å². The number of hydrogen-bond acceptors (Lipinski definition) is 5. The lowest BCUT2D eigenvalue weighted by Crippen LogP contribution is -2.43. The van der Waals surface area contributed by atoms with Gasteiger partial charge in [0.1, 0.15) is 6.61 Å². The summed E-state index contributed by atoms with van der Waals surface area (Å²) < 4.78 is 10.2. The molecule has 0 radical (unpaired) electrons. The van der Waals surface area contributed by atoms with Crippen molar-refractivity contribution in [1.29, 1.82) is 0 Å². The number of carbonyl (C=O) groups is 1. The molecule has 0 saturated carbocycles. The van der Waals surface area contributed by atoms with Crippen LogP contribution in [-0.2, 0) is 20.9 Å². The van der Waals surface area contributed by atoms with Gasteiger partial charge in [0.15, 0.2) is 5.79 Å². The molecule has 19 heavy (non-hydrogen) atoms. The predicted octanol–water partition coefficient (Wildman–Crippen LogP) is 0.980. The van der Waals surface area contributed by atoms with Gasteiger partial charge in [-0.15, -0.1) is 0 Å². The zero-order valence-corrected chi connectivity index (χ0v) is 10.6. The summed E-state index contributed by atoms with van der Waals surface area (Å²) >= 11 is 0. The smallest absolute Gasteiger partial charge is 0.311 e. The largest absolute Gasteiger partial charge is 0.461 e. The number of hydrogen-bond donors (Lipinski definition) is 2. The molecule has 5 nitrogen and oxygen atoms in total. The number of rotatable bonds is 4. The Balaban J connectivity index is 1.81. The molecule has 5 heteroatoms. The summed E-state index contributed by atoms with van der Waals surface area (Å²) in [5.74, 6) is -2.15. The first kappa shape index (κ1) is 14.0. The second-order valence-electron chi connectivity index (χ2n) is 4.76. The van der Waals surface area contributed by atoms with Crippen LogP contribution in [0.4, 0.5) is 0 Å². The monoisotopic (exact) mass is 266 g/mol. The summed E-state index contributed by atoms with van der Waals surface area (Å²) in [5, 5.41) is 19.5. The normalized spacial score (nSPS) is 26.9. The van der Waals surface area contributed by atoms with E-state index in [2.05, 4.69) is 0 Å². The minimum absolute atomic E-state index is 0.0352. The summed E-state index contributed by atoms with van der Waals surface area (Å²) in [6.45, 7) is 0.405. The van der Waals surface area contributed by atoms with Gasteiger partial charge in [0.2, 0.25) is 0 Å². The lowest BCUT2D eigenvalue weighted by Gasteiger charge is -2.33. The second kappa shape index (κ2) is 6.14. The van der Waals surface area contributed by atoms with Crippen LogP contribution in [0.25, 0.3) is 0 Å². The molecule has 0 amide bonds. The van der Waals surface area contributed by atoms with Crippen LogP contribution in [0.3, 0.4) is 0 Å². The lowest BCUT2D eigenvalue weighted by atomic mass is 10.00. The zero-order chi connectivity index (χ0) is 13.7. The third kappa shape index (κ3) is 4.31. The van der Waals surface area contributed by atoms with Crippen molar-refractivity contribution in [2.45, 2.75) is 37.8 Å². The van der Waals surface area contributed by atoms with Gasteiger partial charge in [-0.25, -0.2) is 0 Å². The van der Waals surface area contributed by atoms with E-state index in [1.54, 1.807) is 0 Å². The Morgan fingerprint density at radius 1 is 1.42 bits per heavy atom. The van der Waals surface area contributed by atoms with Gasteiger partial charge >= 0.3 is 5.97 Å². The molecule has 1 aliphatic heterocycles. The molecule has 2 unspecified atom stereocenters. The first-order chi connectivity index (χ1) is 9.07. The van der Waals surface area contributed by atoms with Gasteiger partial charge in [0.05, 0.1) is 19.1 Å². The van der Waals surface area contributed by atoms with Crippen LogP contribution in [0.2, 0.25) is 0 Å². The van der Waals surface area contributed by atoms with Crippen molar-refractivity contribution in [1.82, 2.24) is 0 Å². The van der Waals surface area contributed by atoms with Crippen LogP contribution in [0.5, 0.6) is 0 Å². The third-order valence-electron chi connectivity index (χ3n) is 3.04. The van der Waals surface area contributed by atoms with Crippen molar-refractivity contribution in [2.24, 2.45) is 0 Å². The summed E-state index contributed by atoms with van der Waals surface area (Å²) in [4.78, 5) is 11.7. The highest BCUT2D eigenvalue weighted by atomic mass is 16.6. The fourth-order valence-corrected chi connectivity index (χ4v) is 2.05. The van der Waals surface area contributed by atoms with E-state index in [-0.39, 0.29) is 26.1 Å². The van der Waals surface area contributed by atoms with Crippen molar-refractivity contribution in [2.75, 3.05) is 6.61 Å². The van der Waals surface area contributed by atoms with E-state index >= 15 is 0 Å². The Hall–Kier alpha value is -1.43. The minimum Gasteiger partial charge on any atom is -0.461 e. The molecule has 1 aromatic rings. The summed E-state index contributed by atoms with van der Waals surface area (Å²) in [5.41, 5.74) is 0.882. The fraction of sp³-hybridized carbons (Fsp3) is 0.500. The van der Waals surface area contributed by atoms with Gasteiger partial charge < -0.3 is 19.7 Å². The molecule has 0 aromatic heterocycles. The van der Waals surface area contributed by atoms with Crippen molar-refractivity contribution >= 4 is 5.97 Å². The van der Waals surface area contributed by atoms with E-state index in [0.29, 0.717) is 6.42 Å². The maximum absolute atomic E-state index is 11.7. The maximum atomic E-state index is 11.7. The van der Waals surface area contributed by atoms with Crippen LogP contribution >= 0.6 is 0 Å². The van der Waals surface area contributed by atoms with Crippen molar-refractivity contribution < 1.29 is 24.5 Å². The molecular weight excluding hydrogens is 248 g/mol. The standard InChI is InChI=1S/C14H18O5/c15-12-6-7-19-14(17,8-12)9-13(16)18-10-11-4-2-1-3-5-11/h1-5,12,15,17H,6-10H2. The quantitative estimate of drug-likeness (QED) is 0.794. The lowest BCUT2D eigenvalue weighted by molar-refractivity contribution is -0.248. The first-order valence-corrected chi connectivity index (χ1v) is 6.31. The Bertz CT molecular complexity index is 419. The van der Waals surface area contributed by atoms with Crippen LogP contribution in [-0.4, -0.2) is 34.7 Å². The molecule has 0 bridgehead atoms. The second-order valence-corrected chi connectivity index (χ2v) is 4.76. The van der Waals surface area contributed by atoms with Gasteiger partial charge in [0, 0.05) is 6.42 Å². The molecule has 1 saturated heterocycles. The van der Waals surface area contributed by atoms with Gasteiger partial charge in [-0.05, 0) is 12.0 Å². The number of aliphatic hydroxyl groups excluding tert-OH is 1. The van der Waals surface area contributed by atoms with E-state index in [0.717, 1.165) is 5.56 Å². The van der Waals surface area contributed by atoms with Gasteiger partial charge in [-0.1, -0.05) is 30.3 Å². The average molecular weight is 266 g/mol. The van der Waals surface area contributed by atoms with E-state index in [1.165, 1.54) is 0 Å². The fourth-order valence-electron chi connectivity index (χ4n) is 2.05. The molecule has 1 aliphatic rings. The van der Waals surface area contributed by atoms with Gasteiger partial charge in [-0.3, -0.25) is 4.79 Å². The summed E-state index contributed by atoms with van der Waals surface area (Å²) in [7, 11) is 0. The molecular formula is C14H18O5. The topological polar surface area (TPSA) is 76.0 Å². The van der Waals surface area contributed by atoms with Crippen molar-refractivity contribution in [3.63, 3.8) is 0 Å². The third-order valence-corrected chi connectivity index (χ3v) is 3.04. The minimum atomic E-state index is -1.61. The Kier molecular flexibility index (Phi) is 4.52. The van der Waals surface area contributed by atoms with E-state index in [1.807, 2.05) is 30.3 Å². The molecule has 2 atom stereocenters. The highest BCUT2D eigenvalue weighted by Gasteiger charge is 2.37. The highest BCUT2D eigenvalue weighted by Crippen LogP contribution is 2.26. The maximum Gasteiger partial charge on any atom is 0.311 e. The number of aliphatic hydroxyl groups is 2. The zero-order valence-electron chi connectivity index (χ0n) is 10.6. The Morgan fingerprint density at radius 2 is 2.16 bits per heavy atom. The molecule has 0 aliphatic carbocycles. The van der Waals surface area contributed by atoms with Crippen LogP contribution < -0.4 is 0 Å². The number of carbonyl (C=O) groups excluding carboxylic acids is 1. The number of esters is 1.